The smallest absolute Gasteiger partial charge is 0.213 e. The molecule has 4 nitrogen and oxygen atoms in total. The SMILES string of the molecule is COCCOc1ccc(OCC2CCCCC2c2ccccc2F)cn1. The number of hydrogen-bond donors (Lipinski definition) is 0. The Hall–Kier alpha value is -2.14. The summed E-state index contributed by atoms with van der Waals surface area (Å²) in [4.78, 5) is 4.24. The van der Waals surface area contributed by atoms with Crippen LogP contribution in [-0.4, -0.2) is 31.9 Å². The molecule has 2 atom stereocenters. The fourth-order valence-corrected chi connectivity index (χ4v) is 3.56. The van der Waals surface area contributed by atoms with Crippen LogP contribution in [0, 0.1) is 11.7 Å². The van der Waals surface area contributed by atoms with Crippen molar-refractivity contribution in [2.45, 2.75) is 31.6 Å². The Morgan fingerprint density at radius 2 is 1.88 bits per heavy atom. The van der Waals surface area contributed by atoms with Crippen molar-refractivity contribution in [3.05, 3.63) is 54.0 Å². The zero-order chi connectivity index (χ0) is 18.2. The number of rotatable bonds is 8. The van der Waals surface area contributed by atoms with Gasteiger partial charge in [-0.2, -0.15) is 0 Å². The molecule has 26 heavy (non-hydrogen) atoms. The van der Waals surface area contributed by atoms with E-state index in [0.29, 0.717) is 37.4 Å². The summed E-state index contributed by atoms with van der Waals surface area (Å²) in [6.07, 6.45) is 6.06. The first-order chi connectivity index (χ1) is 12.8. The molecule has 1 heterocycles. The second-order valence-corrected chi connectivity index (χ2v) is 6.66. The molecule has 0 aliphatic heterocycles. The van der Waals surface area contributed by atoms with Gasteiger partial charge in [-0.3, -0.25) is 0 Å². The Labute approximate surface area is 154 Å². The van der Waals surface area contributed by atoms with Gasteiger partial charge in [0.05, 0.1) is 19.4 Å². The maximum absolute atomic E-state index is 14.2. The van der Waals surface area contributed by atoms with Gasteiger partial charge in [-0.15, -0.1) is 0 Å². The highest BCUT2D eigenvalue weighted by atomic mass is 19.1. The number of aromatic nitrogens is 1. The molecule has 0 radical (unpaired) electrons. The highest BCUT2D eigenvalue weighted by molar-refractivity contribution is 5.24. The van der Waals surface area contributed by atoms with Gasteiger partial charge in [0.15, 0.2) is 0 Å². The molecule has 1 aromatic heterocycles. The molecule has 2 aromatic rings. The Bertz CT molecular complexity index is 677. The largest absolute Gasteiger partial charge is 0.492 e. The van der Waals surface area contributed by atoms with Crippen LogP contribution in [0.5, 0.6) is 11.6 Å². The second-order valence-electron chi connectivity index (χ2n) is 6.66. The van der Waals surface area contributed by atoms with Crippen molar-refractivity contribution in [1.29, 1.82) is 0 Å². The Morgan fingerprint density at radius 1 is 1.04 bits per heavy atom. The van der Waals surface area contributed by atoms with E-state index in [4.69, 9.17) is 14.2 Å². The quantitative estimate of drug-likeness (QED) is 0.646. The molecular formula is C21H26FNO3. The maximum Gasteiger partial charge on any atom is 0.213 e. The maximum atomic E-state index is 14.2. The molecule has 5 heteroatoms. The minimum absolute atomic E-state index is 0.108. The second kappa shape index (κ2) is 9.53. The molecule has 1 fully saturated rings. The average molecular weight is 359 g/mol. The van der Waals surface area contributed by atoms with E-state index in [9.17, 15) is 4.39 Å². The number of pyridine rings is 1. The molecule has 0 bridgehead atoms. The van der Waals surface area contributed by atoms with Crippen molar-refractivity contribution in [2.24, 2.45) is 5.92 Å². The van der Waals surface area contributed by atoms with Crippen molar-refractivity contribution in [3.63, 3.8) is 0 Å². The van der Waals surface area contributed by atoms with E-state index in [0.717, 1.165) is 24.8 Å². The molecule has 0 N–H and O–H groups in total. The minimum atomic E-state index is -0.108. The van der Waals surface area contributed by atoms with Gasteiger partial charge in [-0.1, -0.05) is 31.0 Å². The number of methoxy groups -OCH3 is 1. The fraction of sp³-hybridized carbons (Fsp3) is 0.476. The predicted octanol–water partition coefficient (Wildman–Crippen LogP) is 4.60. The van der Waals surface area contributed by atoms with Crippen LogP contribution in [0.1, 0.15) is 37.2 Å². The standard InChI is InChI=1S/C21H26FNO3/c1-24-12-13-25-21-11-10-17(14-23-21)26-15-16-6-2-3-7-18(16)19-8-4-5-9-20(19)22/h4-5,8-11,14,16,18H,2-3,6-7,12-13,15H2,1H3. The van der Waals surface area contributed by atoms with Crippen LogP contribution >= 0.6 is 0 Å². The Morgan fingerprint density at radius 3 is 2.65 bits per heavy atom. The van der Waals surface area contributed by atoms with Crippen LogP contribution in [0.15, 0.2) is 42.6 Å². The van der Waals surface area contributed by atoms with E-state index in [1.54, 1.807) is 31.5 Å². The molecule has 2 unspecified atom stereocenters. The van der Waals surface area contributed by atoms with E-state index in [1.165, 1.54) is 6.42 Å². The Balaban J connectivity index is 1.58. The van der Waals surface area contributed by atoms with Crippen LogP contribution < -0.4 is 9.47 Å². The fourth-order valence-electron chi connectivity index (χ4n) is 3.56. The lowest BCUT2D eigenvalue weighted by atomic mass is 9.75. The van der Waals surface area contributed by atoms with Crippen LogP contribution in [0.3, 0.4) is 0 Å². The first kappa shape index (κ1) is 18.6. The molecular weight excluding hydrogens is 333 g/mol. The van der Waals surface area contributed by atoms with Crippen molar-refractivity contribution in [2.75, 3.05) is 26.9 Å². The predicted molar refractivity (Wildman–Crippen MR) is 98.2 cm³/mol. The van der Waals surface area contributed by atoms with Crippen LogP contribution in [0.4, 0.5) is 4.39 Å². The zero-order valence-corrected chi connectivity index (χ0v) is 15.2. The van der Waals surface area contributed by atoms with E-state index < -0.39 is 0 Å². The highest BCUT2D eigenvalue weighted by Crippen LogP contribution is 2.39. The summed E-state index contributed by atoms with van der Waals surface area (Å²) in [7, 11) is 1.63. The normalized spacial score (nSPS) is 19.9. The summed E-state index contributed by atoms with van der Waals surface area (Å²) in [6.45, 7) is 1.57. The third kappa shape index (κ3) is 4.94. The van der Waals surface area contributed by atoms with Gasteiger partial charge in [0.1, 0.15) is 18.2 Å². The summed E-state index contributed by atoms with van der Waals surface area (Å²) >= 11 is 0. The van der Waals surface area contributed by atoms with Crippen molar-refractivity contribution in [3.8, 4) is 11.6 Å². The summed E-state index contributed by atoms with van der Waals surface area (Å²) in [5, 5.41) is 0. The first-order valence-electron chi connectivity index (χ1n) is 9.23. The third-order valence-corrected chi connectivity index (χ3v) is 4.92. The van der Waals surface area contributed by atoms with Crippen LogP contribution in [0.25, 0.3) is 0 Å². The number of halogens is 1. The first-order valence-corrected chi connectivity index (χ1v) is 9.23. The molecule has 1 saturated carbocycles. The van der Waals surface area contributed by atoms with Crippen LogP contribution in [0.2, 0.25) is 0 Å². The summed E-state index contributed by atoms with van der Waals surface area (Å²) in [5.74, 6) is 1.69. The monoisotopic (exact) mass is 359 g/mol. The molecule has 0 amide bonds. The zero-order valence-electron chi connectivity index (χ0n) is 15.2. The van der Waals surface area contributed by atoms with E-state index in [1.807, 2.05) is 18.2 Å². The van der Waals surface area contributed by atoms with Gasteiger partial charge in [0.2, 0.25) is 5.88 Å². The van der Waals surface area contributed by atoms with Gasteiger partial charge in [0, 0.05) is 13.2 Å². The van der Waals surface area contributed by atoms with E-state index in [-0.39, 0.29) is 11.7 Å². The van der Waals surface area contributed by atoms with E-state index in [2.05, 4.69) is 4.98 Å². The van der Waals surface area contributed by atoms with Gasteiger partial charge in [-0.05, 0) is 42.4 Å². The summed E-state index contributed by atoms with van der Waals surface area (Å²) in [6, 6.07) is 10.8. The minimum Gasteiger partial charge on any atom is -0.492 e. The lowest BCUT2D eigenvalue weighted by Crippen LogP contribution is -2.24. The van der Waals surface area contributed by atoms with Gasteiger partial charge in [-0.25, -0.2) is 9.37 Å². The van der Waals surface area contributed by atoms with Crippen molar-refractivity contribution in [1.82, 2.24) is 4.98 Å². The number of ether oxygens (including phenoxy) is 3. The molecule has 1 aliphatic carbocycles. The van der Waals surface area contributed by atoms with Gasteiger partial charge >= 0.3 is 0 Å². The molecule has 3 rings (SSSR count). The molecule has 1 aliphatic rings. The lowest BCUT2D eigenvalue weighted by molar-refractivity contribution is 0.143. The lowest BCUT2D eigenvalue weighted by Gasteiger charge is -2.32. The van der Waals surface area contributed by atoms with Crippen molar-refractivity contribution < 1.29 is 18.6 Å². The van der Waals surface area contributed by atoms with E-state index >= 15 is 0 Å². The molecule has 140 valence electrons. The molecule has 1 aromatic carbocycles. The van der Waals surface area contributed by atoms with Crippen LogP contribution in [-0.2, 0) is 4.74 Å². The summed E-state index contributed by atoms with van der Waals surface area (Å²) in [5.41, 5.74) is 0.820. The van der Waals surface area contributed by atoms with Crippen molar-refractivity contribution >= 4 is 0 Å². The Kier molecular flexibility index (Phi) is 6.83. The highest BCUT2D eigenvalue weighted by Gasteiger charge is 2.28. The summed E-state index contributed by atoms with van der Waals surface area (Å²) < 4.78 is 30.6. The molecule has 0 spiro atoms. The van der Waals surface area contributed by atoms with Gasteiger partial charge in [0.25, 0.3) is 0 Å². The molecule has 0 saturated heterocycles. The third-order valence-electron chi connectivity index (χ3n) is 4.92. The van der Waals surface area contributed by atoms with Gasteiger partial charge < -0.3 is 14.2 Å². The number of hydrogen-bond acceptors (Lipinski definition) is 4. The number of benzene rings is 1. The topological polar surface area (TPSA) is 40.6 Å². The average Bonchev–Trinajstić information content (AvgIpc) is 2.68. The number of nitrogens with zero attached hydrogens (tertiary/aromatic N) is 1.